The van der Waals surface area contributed by atoms with Crippen molar-refractivity contribution in [3.63, 3.8) is 0 Å². The van der Waals surface area contributed by atoms with Crippen LogP contribution in [0.3, 0.4) is 0 Å². The number of amides is 1. The average molecular weight is 685 g/mol. The Kier molecular flexibility index (Phi) is 10.9. The summed E-state index contributed by atoms with van der Waals surface area (Å²) in [7, 11) is 1.32. The summed E-state index contributed by atoms with van der Waals surface area (Å²) >= 11 is 6.04. The second-order valence-corrected chi connectivity index (χ2v) is 12.6. The van der Waals surface area contributed by atoms with Crippen molar-refractivity contribution in [3.8, 4) is 11.1 Å². The van der Waals surface area contributed by atoms with Crippen molar-refractivity contribution in [3.05, 3.63) is 81.9 Å². The summed E-state index contributed by atoms with van der Waals surface area (Å²) in [5.74, 6) is 0.0994. The Morgan fingerprint density at radius 3 is 2.09 bits per heavy atom. The molecule has 1 fully saturated rings. The fourth-order valence-corrected chi connectivity index (χ4v) is 5.90. The van der Waals surface area contributed by atoms with Crippen LogP contribution < -0.4 is 4.90 Å². The van der Waals surface area contributed by atoms with Gasteiger partial charge in [0.25, 0.3) is 0 Å². The number of halogens is 8. The molecule has 0 unspecified atom stereocenters. The highest BCUT2D eigenvalue weighted by atomic mass is 35.5. The Balaban J connectivity index is 0.000000379. The van der Waals surface area contributed by atoms with Gasteiger partial charge in [-0.05, 0) is 93.1 Å². The van der Waals surface area contributed by atoms with Gasteiger partial charge in [0.2, 0.25) is 5.91 Å². The molecule has 0 saturated carbocycles. The number of nitrogens with zero attached hydrogens (tertiary/aromatic N) is 4. The maximum atomic E-state index is 13.6. The van der Waals surface area contributed by atoms with Crippen molar-refractivity contribution in [2.24, 2.45) is 4.99 Å². The van der Waals surface area contributed by atoms with Crippen molar-refractivity contribution in [1.82, 2.24) is 9.88 Å². The molecule has 1 saturated heterocycles. The number of hydrogen-bond donors (Lipinski definition) is 0. The van der Waals surface area contributed by atoms with E-state index in [9.17, 15) is 35.5 Å². The average Bonchev–Trinajstić information content (AvgIpc) is 3.25. The summed E-state index contributed by atoms with van der Waals surface area (Å²) in [6.07, 6.45) is -2.24. The Hall–Kier alpha value is -3.67. The van der Waals surface area contributed by atoms with E-state index in [-0.39, 0.29) is 16.9 Å². The zero-order valence-corrected chi connectivity index (χ0v) is 27.3. The fraction of sp³-hybridized carbons (Fsp3) is 0.441. The highest BCUT2D eigenvalue weighted by molar-refractivity contribution is 6.29. The van der Waals surface area contributed by atoms with E-state index in [4.69, 9.17) is 11.6 Å². The number of aliphatic imine (C=N–C) groups is 1. The van der Waals surface area contributed by atoms with Crippen LogP contribution in [0.2, 0.25) is 5.15 Å². The number of alkyl halides is 6. The predicted octanol–water partition coefficient (Wildman–Crippen LogP) is 9.49. The van der Waals surface area contributed by atoms with Gasteiger partial charge in [-0.2, -0.15) is 26.3 Å². The van der Waals surface area contributed by atoms with E-state index in [1.807, 2.05) is 0 Å². The molecule has 0 N–H and O–H groups in total. The van der Waals surface area contributed by atoms with Crippen LogP contribution in [0.25, 0.3) is 11.1 Å². The molecule has 0 atom stereocenters. The summed E-state index contributed by atoms with van der Waals surface area (Å²) in [6.45, 7) is 7.69. The number of hydrogen-bond acceptors (Lipinski definition) is 4. The number of fused-ring (bicyclic) bond motifs is 1. The third-order valence-electron chi connectivity index (χ3n) is 8.41. The standard InChI is InChI=1S/C25H20ClF7N2O.C9H16N2/c1-13-7-17(27)5-6-18(13)19-11-21(26)34-12-20(19)35(4)22(36)23(2,3)14-8-15(24(28,29)30)10-16(9-14)25(31,32)33;1-2-5-9-10-6-4-8-11(9)7-3-1/h5-12H,1-4H3;1-8H2. The smallest absolute Gasteiger partial charge is 0.360 e. The van der Waals surface area contributed by atoms with Crippen LogP contribution in [0.5, 0.6) is 0 Å². The van der Waals surface area contributed by atoms with E-state index in [1.165, 1.54) is 102 Å². The highest BCUT2D eigenvalue weighted by Gasteiger charge is 2.41. The van der Waals surface area contributed by atoms with E-state index in [1.54, 1.807) is 6.92 Å². The monoisotopic (exact) mass is 684 g/mol. The van der Waals surface area contributed by atoms with Gasteiger partial charge in [-0.3, -0.25) is 9.79 Å². The zero-order valence-electron chi connectivity index (χ0n) is 26.5. The van der Waals surface area contributed by atoms with Crippen LogP contribution in [-0.2, 0) is 22.6 Å². The maximum Gasteiger partial charge on any atom is 0.416 e. The van der Waals surface area contributed by atoms with Gasteiger partial charge >= 0.3 is 12.4 Å². The summed E-state index contributed by atoms with van der Waals surface area (Å²) in [5, 5.41) is 0.0604. The second-order valence-electron chi connectivity index (χ2n) is 12.2. The molecular formula is C34H36ClF7N4O. The number of anilines is 1. The molecule has 2 aliphatic heterocycles. The van der Waals surface area contributed by atoms with Crippen molar-refractivity contribution < 1.29 is 35.5 Å². The Morgan fingerprint density at radius 2 is 1.47 bits per heavy atom. The topological polar surface area (TPSA) is 48.8 Å². The van der Waals surface area contributed by atoms with Crippen LogP contribution in [0.15, 0.2) is 53.7 Å². The zero-order chi connectivity index (χ0) is 34.7. The number of pyridine rings is 1. The Bertz CT molecular complexity index is 1600. The lowest BCUT2D eigenvalue weighted by atomic mass is 9.81. The Labute approximate surface area is 274 Å². The van der Waals surface area contributed by atoms with Gasteiger partial charge in [0.15, 0.2) is 0 Å². The molecule has 5 nitrogen and oxygen atoms in total. The number of amidine groups is 1. The molecule has 13 heteroatoms. The van der Waals surface area contributed by atoms with Gasteiger partial charge < -0.3 is 9.80 Å². The molecule has 1 amide bonds. The van der Waals surface area contributed by atoms with E-state index >= 15 is 0 Å². The summed E-state index contributed by atoms with van der Waals surface area (Å²) < 4.78 is 93.9. The molecule has 5 rings (SSSR count). The molecule has 0 bridgehead atoms. The van der Waals surface area contributed by atoms with Crippen molar-refractivity contribution in [2.45, 2.75) is 70.6 Å². The van der Waals surface area contributed by atoms with Crippen LogP contribution >= 0.6 is 11.6 Å². The van der Waals surface area contributed by atoms with Gasteiger partial charge in [-0.1, -0.05) is 24.1 Å². The Morgan fingerprint density at radius 1 is 0.851 bits per heavy atom. The van der Waals surface area contributed by atoms with E-state index < -0.39 is 46.2 Å². The maximum absolute atomic E-state index is 13.6. The molecule has 3 aromatic rings. The highest BCUT2D eigenvalue weighted by Crippen LogP contribution is 2.41. The van der Waals surface area contributed by atoms with Crippen LogP contribution in [-0.4, -0.2) is 48.3 Å². The molecule has 47 heavy (non-hydrogen) atoms. The fourth-order valence-electron chi connectivity index (χ4n) is 5.74. The largest absolute Gasteiger partial charge is 0.416 e. The number of carbonyl (C=O) groups excluding carboxylic acids is 1. The van der Waals surface area contributed by atoms with E-state index in [0.717, 1.165) is 11.4 Å². The number of likely N-dealkylation sites (N-methyl/N-ethyl adjacent to an activating group) is 1. The molecule has 3 heterocycles. The van der Waals surface area contributed by atoms with Gasteiger partial charge in [-0.25, -0.2) is 9.37 Å². The number of benzene rings is 2. The summed E-state index contributed by atoms with van der Waals surface area (Å²) in [5.41, 5.74) is -3.77. The van der Waals surface area contributed by atoms with Gasteiger partial charge in [-0.15, -0.1) is 0 Å². The first-order valence-corrected chi connectivity index (χ1v) is 15.6. The lowest BCUT2D eigenvalue weighted by Crippen LogP contribution is -2.42. The molecule has 1 aromatic heterocycles. The van der Waals surface area contributed by atoms with Crippen molar-refractivity contribution >= 4 is 29.0 Å². The molecule has 2 aliphatic rings. The first kappa shape index (κ1) is 36.2. The van der Waals surface area contributed by atoms with E-state index in [0.29, 0.717) is 28.8 Å². The molecule has 2 aromatic carbocycles. The SMILES string of the molecule is C1CCC2=NCCCN2CC1.Cc1cc(F)ccc1-c1cc(Cl)ncc1N(C)C(=O)C(C)(C)c1cc(C(F)(F)F)cc(C(F)(F)F)c1. The third kappa shape index (κ3) is 8.63. The number of aromatic nitrogens is 1. The van der Waals surface area contributed by atoms with Crippen LogP contribution in [0.4, 0.5) is 36.4 Å². The van der Waals surface area contributed by atoms with Gasteiger partial charge in [0.05, 0.1) is 34.3 Å². The van der Waals surface area contributed by atoms with Gasteiger partial charge in [0.1, 0.15) is 11.0 Å². The predicted molar refractivity (Wildman–Crippen MR) is 169 cm³/mol. The number of aryl methyl sites for hydroxylation is 1. The number of rotatable bonds is 4. The minimum Gasteiger partial charge on any atom is -0.360 e. The minimum absolute atomic E-state index is 0.00625. The van der Waals surface area contributed by atoms with Gasteiger partial charge in [0, 0.05) is 38.7 Å². The van der Waals surface area contributed by atoms with Crippen LogP contribution in [0, 0.1) is 12.7 Å². The molecule has 254 valence electrons. The normalized spacial score (nSPS) is 15.6. The molecule has 0 aliphatic carbocycles. The first-order chi connectivity index (χ1) is 21.9. The molecule has 0 spiro atoms. The van der Waals surface area contributed by atoms with Crippen molar-refractivity contribution in [1.29, 1.82) is 0 Å². The third-order valence-corrected chi connectivity index (χ3v) is 8.62. The lowest BCUT2D eigenvalue weighted by molar-refractivity contribution is -0.143. The lowest BCUT2D eigenvalue weighted by Gasteiger charge is -2.32. The van der Waals surface area contributed by atoms with Crippen molar-refractivity contribution in [2.75, 3.05) is 31.6 Å². The quantitative estimate of drug-likeness (QED) is 0.203. The summed E-state index contributed by atoms with van der Waals surface area (Å²) in [4.78, 5) is 25.6. The minimum atomic E-state index is -5.06. The first-order valence-electron chi connectivity index (χ1n) is 15.2. The van der Waals surface area contributed by atoms with Crippen LogP contribution in [0.1, 0.15) is 68.2 Å². The van der Waals surface area contributed by atoms with E-state index in [2.05, 4.69) is 14.9 Å². The number of carbonyl (C=O) groups is 1. The molecular weight excluding hydrogens is 649 g/mol. The summed E-state index contributed by atoms with van der Waals surface area (Å²) in [6, 6.07) is 6.43. The second kappa shape index (κ2) is 14.2. The molecule has 0 radical (unpaired) electrons.